The van der Waals surface area contributed by atoms with Crippen LogP contribution in [0.2, 0.25) is 0 Å². The maximum atomic E-state index is 10.7. The van der Waals surface area contributed by atoms with Gasteiger partial charge in [-0.1, -0.05) is 34.1 Å². The summed E-state index contributed by atoms with van der Waals surface area (Å²) in [4.78, 5) is 0.476. The molecule has 0 spiro atoms. The predicted molar refractivity (Wildman–Crippen MR) is 48.1 cm³/mol. The predicted octanol–water partition coefficient (Wildman–Crippen LogP) is 2.16. The van der Waals surface area contributed by atoms with Gasteiger partial charge in [0.05, 0.1) is 4.90 Å². The first-order valence-corrected chi connectivity index (χ1v) is 5.23. The first-order chi connectivity index (χ1) is 5.25. The number of hydrogen-bond donors (Lipinski definition) is 1. The van der Waals surface area contributed by atoms with Gasteiger partial charge in [-0.3, -0.25) is 0 Å². The van der Waals surface area contributed by atoms with E-state index in [0.717, 1.165) is 5.56 Å². The van der Waals surface area contributed by atoms with Crippen LogP contribution in [-0.4, -0.2) is 8.76 Å². The van der Waals surface area contributed by atoms with Crippen molar-refractivity contribution < 1.29 is 8.76 Å². The lowest BCUT2D eigenvalue weighted by Gasteiger charge is -2.00. The third kappa shape index (κ3) is 2.12. The van der Waals surface area contributed by atoms with E-state index in [1.54, 1.807) is 12.1 Å². The Balaban J connectivity index is 3.12. The molecule has 2 nitrogen and oxygen atoms in total. The molecule has 60 valence electrons. The van der Waals surface area contributed by atoms with Crippen LogP contribution in [0, 0.1) is 0 Å². The lowest BCUT2D eigenvalue weighted by Crippen LogP contribution is -1.92. The van der Waals surface area contributed by atoms with Gasteiger partial charge in [0.1, 0.15) is 0 Å². The van der Waals surface area contributed by atoms with Gasteiger partial charge in [-0.05, 0) is 11.6 Å². The average Bonchev–Trinajstić information content (AvgIpc) is 2.04. The first kappa shape index (κ1) is 8.90. The van der Waals surface area contributed by atoms with Gasteiger partial charge in [-0.2, -0.15) is 0 Å². The highest BCUT2D eigenvalue weighted by atomic mass is 79.9. The summed E-state index contributed by atoms with van der Waals surface area (Å²) < 4.78 is 19.5. The van der Waals surface area contributed by atoms with Crippen molar-refractivity contribution in [1.29, 1.82) is 0 Å². The molecule has 1 unspecified atom stereocenters. The number of benzene rings is 1. The molecule has 0 radical (unpaired) electrons. The Kier molecular flexibility index (Phi) is 3.23. The number of alkyl halides is 1. The molecule has 0 aromatic heterocycles. The quantitative estimate of drug-likeness (QED) is 0.630. The van der Waals surface area contributed by atoms with Crippen LogP contribution in [0.15, 0.2) is 29.2 Å². The molecule has 0 aliphatic heterocycles. The van der Waals surface area contributed by atoms with Crippen LogP contribution in [0.25, 0.3) is 0 Å². The second kappa shape index (κ2) is 3.99. The zero-order chi connectivity index (χ0) is 8.27. The second-order valence-corrected chi connectivity index (χ2v) is 3.49. The molecule has 0 bridgehead atoms. The van der Waals surface area contributed by atoms with E-state index in [1.807, 2.05) is 12.1 Å². The topological polar surface area (TPSA) is 37.3 Å². The lowest BCUT2D eigenvalue weighted by molar-refractivity contribution is 0.563. The molecule has 0 fully saturated rings. The minimum Gasteiger partial charge on any atom is -0.302 e. The Hall–Kier alpha value is -0.190. The highest BCUT2D eigenvalue weighted by Crippen LogP contribution is 2.14. The normalized spacial score (nSPS) is 12.9. The maximum Gasteiger partial charge on any atom is 0.186 e. The minimum absolute atomic E-state index is 0.476. The number of hydrogen-bond acceptors (Lipinski definition) is 1. The van der Waals surface area contributed by atoms with Gasteiger partial charge in [-0.15, -0.1) is 0 Å². The molecule has 4 heteroatoms. The van der Waals surface area contributed by atoms with E-state index < -0.39 is 11.1 Å². The van der Waals surface area contributed by atoms with Gasteiger partial charge in [0.15, 0.2) is 11.1 Å². The van der Waals surface area contributed by atoms with Gasteiger partial charge in [0.25, 0.3) is 0 Å². The highest BCUT2D eigenvalue weighted by molar-refractivity contribution is 9.08. The Morgan fingerprint density at radius 1 is 1.45 bits per heavy atom. The van der Waals surface area contributed by atoms with Gasteiger partial charge in [0.2, 0.25) is 0 Å². The van der Waals surface area contributed by atoms with Gasteiger partial charge in [-0.25, -0.2) is 4.21 Å². The molecular weight excluding hydrogens is 228 g/mol. The molecular formula is C7H7BrO2S. The second-order valence-electron chi connectivity index (χ2n) is 1.99. The summed E-state index contributed by atoms with van der Waals surface area (Å²) in [5, 5.41) is 0.607. The molecule has 0 saturated heterocycles. The van der Waals surface area contributed by atoms with Crippen LogP contribution in [-0.2, 0) is 16.4 Å². The summed E-state index contributed by atoms with van der Waals surface area (Å²) >= 11 is 1.36. The standard InChI is InChI=1S/C7H7BrO2S/c8-5-6-3-1-2-4-7(6)11(9)10/h1-4H,5H2,(H,9,10). The van der Waals surface area contributed by atoms with E-state index in [1.165, 1.54) is 0 Å². The number of rotatable bonds is 2. The molecule has 1 aromatic carbocycles. The number of halogens is 1. The molecule has 0 aliphatic carbocycles. The van der Waals surface area contributed by atoms with Crippen LogP contribution >= 0.6 is 15.9 Å². The third-order valence-electron chi connectivity index (χ3n) is 1.30. The molecule has 0 saturated carbocycles. The molecule has 11 heavy (non-hydrogen) atoms. The van der Waals surface area contributed by atoms with E-state index in [-0.39, 0.29) is 0 Å². The summed E-state index contributed by atoms with van der Waals surface area (Å²) in [5.41, 5.74) is 0.855. The van der Waals surface area contributed by atoms with Crippen LogP contribution < -0.4 is 0 Å². The molecule has 1 atom stereocenters. The molecule has 0 amide bonds. The smallest absolute Gasteiger partial charge is 0.186 e. The van der Waals surface area contributed by atoms with E-state index in [4.69, 9.17) is 4.55 Å². The van der Waals surface area contributed by atoms with E-state index in [9.17, 15) is 4.21 Å². The summed E-state index contributed by atoms with van der Waals surface area (Å²) in [6.45, 7) is 0. The summed E-state index contributed by atoms with van der Waals surface area (Å²) in [6.07, 6.45) is 0. The molecule has 1 aromatic rings. The fourth-order valence-corrected chi connectivity index (χ4v) is 2.02. The first-order valence-electron chi connectivity index (χ1n) is 3.00. The Morgan fingerprint density at radius 3 is 2.55 bits per heavy atom. The zero-order valence-corrected chi connectivity index (χ0v) is 8.06. The Bertz CT molecular complexity index is 275. The summed E-state index contributed by atoms with van der Waals surface area (Å²) in [5.74, 6) is 0. The Labute approximate surface area is 76.0 Å². The van der Waals surface area contributed by atoms with Crippen molar-refractivity contribution in [1.82, 2.24) is 0 Å². The van der Waals surface area contributed by atoms with Crippen LogP contribution in [0.5, 0.6) is 0 Å². The molecule has 1 N–H and O–H groups in total. The van der Waals surface area contributed by atoms with Crippen molar-refractivity contribution in [2.24, 2.45) is 0 Å². The maximum absolute atomic E-state index is 10.7. The fourth-order valence-electron chi connectivity index (χ4n) is 0.785. The van der Waals surface area contributed by atoms with Gasteiger partial charge in [0, 0.05) is 5.33 Å². The van der Waals surface area contributed by atoms with Crippen LogP contribution in [0.4, 0.5) is 0 Å². The summed E-state index contributed by atoms with van der Waals surface area (Å²) in [6, 6.07) is 7.05. The van der Waals surface area contributed by atoms with Crippen molar-refractivity contribution in [3.63, 3.8) is 0 Å². The third-order valence-corrected chi connectivity index (χ3v) is 2.68. The summed E-state index contributed by atoms with van der Waals surface area (Å²) in [7, 11) is 0. The van der Waals surface area contributed by atoms with Crippen molar-refractivity contribution in [3.05, 3.63) is 29.8 Å². The fraction of sp³-hybridized carbons (Fsp3) is 0.143. The van der Waals surface area contributed by atoms with Crippen LogP contribution in [0.1, 0.15) is 5.56 Å². The van der Waals surface area contributed by atoms with E-state index in [2.05, 4.69) is 15.9 Å². The van der Waals surface area contributed by atoms with Gasteiger partial charge >= 0.3 is 0 Å². The SMILES string of the molecule is O=S(O)c1ccccc1CBr. The molecule has 0 aliphatic rings. The zero-order valence-electron chi connectivity index (χ0n) is 5.66. The van der Waals surface area contributed by atoms with Crippen LogP contribution in [0.3, 0.4) is 0 Å². The van der Waals surface area contributed by atoms with Crippen molar-refractivity contribution in [2.75, 3.05) is 0 Å². The molecule has 0 heterocycles. The largest absolute Gasteiger partial charge is 0.302 e. The monoisotopic (exact) mass is 234 g/mol. The van der Waals surface area contributed by atoms with Crippen molar-refractivity contribution in [2.45, 2.75) is 10.2 Å². The minimum atomic E-state index is -1.87. The molecule has 1 rings (SSSR count). The van der Waals surface area contributed by atoms with Crippen molar-refractivity contribution >= 4 is 27.0 Å². The Morgan fingerprint density at radius 2 is 2.09 bits per heavy atom. The van der Waals surface area contributed by atoms with E-state index >= 15 is 0 Å². The van der Waals surface area contributed by atoms with Gasteiger partial charge < -0.3 is 4.55 Å². The highest BCUT2D eigenvalue weighted by Gasteiger charge is 2.03. The lowest BCUT2D eigenvalue weighted by atomic mass is 10.2. The average molecular weight is 235 g/mol. The van der Waals surface area contributed by atoms with E-state index in [0.29, 0.717) is 10.2 Å². The van der Waals surface area contributed by atoms with Crippen molar-refractivity contribution in [3.8, 4) is 0 Å².